The molecule has 0 spiro atoms. The summed E-state index contributed by atoms with van der Waals surface area (Å²) in [4.78, 5) is 32.2. The number of hydrogen-bond donors (Lipinski definition) is 0. The molecule has 0 saturated heterocycles. The normalized spacial score (nSPS) is 16.6. The third-order valence-corrected chi connectivity index (χ3v) is 7.03. The van der Waals surface area contributed by atoms with Gasteiger partial charge in [-0.1, -0.05) is 43.3 Å². The molecule has 1 atom stereocenters. The summed E-state index contributed by atoms with van der Waals surface area (Å²) >= 11 is 0. The molecule has 2 aromatic carbocycles. The fourth-order valence-electron chi connectivity index (χ4n) is 4.06. The van der Waals surface area contributed by atoms with E-state index in [2.05, 4.69) is 4.98 Å². The number of esters is 1. The Bertz CT molecular complexity index is 1350. The molecule has 1 unspecified atom stereocenters. The number of aromatic nitrogens is 1. The van der Waals surface area contributed by atoms with Crippen LogP contribution in [0.2, 0.25) is 0 Å². The second kappa shape index (κ2) is 9.15. The van der Waals surface area contributed by atoms with Crippen molar-refractivity contribution < 1.29 is 22.7 Å². The molecular formula is C25H24N2O5S. The largest absolute Gasteiger partial charge is 0.452 e. The predicted molar refractivity (Wildman–Crippen MR) is 127 cm³/mol. The number of anilines is 1. The highest BCUT2D eigenvalue weighted by Crippen LogP contribution is 2.26. The van der Waals surface area contributed by atoms with Crippen LogP contribution in [0.4, 0.5) is 5.69 Å². The summed E-state index contributed by atoms with van der Waals surface area (Å²) in [5, 5.41) is 1.78. The summed E-state index contributed by atoms with van der Waals surface area (Å²) in [7, 11) is -3.38. The van der Waals surface area contributed by atoms with Crippen LogP contribution in [-0.4, -0.2) is 43.7 Å². The number of amides is 1. The molecule has 33 heavy (non-hydrogen) atoms. The molecular weight excluding hydrogens is 440 g/mol. The first kappa shape index (κ1) is 22.7. The molecule has 1 amide bonds. The first-order valence-electron chi connectivity index (χ1n) is 10.6. The number of sulfone groups is 1. The molecule has 0 fully saturated rings. The Kier molecular flexibility index (Phi) is 6.29. The van der Waals surface area contributed by atoms with Gasteiger partial charge in [0, 0.05) is 22.2 Å². The van der Waals surface area contributed by atoms with Crippen molar-refractivity contribution in [2.24, 2.45) is 0 Å². The van der Waals surface area contributed by atoms with Crippen LogP contribution in [0, 0.1) is 6.92 Å². The molecule has 0 aliphatic carbocycles. The van der Waals surface area contributed by atoms with E-state index in [1.165, 1.54) is 11.0 Å². The van der Waals surface area contributed by atoms with Gasteiger partial charge in [-0.05, 0) is 43.2 Å². The number of ether oxygens (including phenoxy) is 1. The minimum Gasteiger partial charge on any atom is -0.452 e. The van der Waals surface area contributed by atoms with Gasteiger partial charge in [-0.15, -0.1) is 0 Å². The Hall–Kier alpha value is -3.52. The Balaban J connectivity index is 1.60. The number of nitrogens with zero attached hydrogens (tertiary/aromatic N) is 2. The lowest BCUT2D eigenvalue weighted by molar-refractivity contribution is -0.121. The zero-order chi connectivity index (χ0) is 23.6. The fraction of sp³-hybridized carbons (Fsp3) is 0.240. The second-order valence-electron chi connectivity index (χ2n) is 7.83. The van der Waals surface area contributed by atoms with Crippen molar-refractivity contribution in [3.05, 3.63) is 82.9 Å². The number of rotatable bonds is 6. The number of aryl methyl sites for hydroxylation is 1. The van der Waals surface area contributed by atoms with Crippen molar-refractivity contribution in [2.45, 2.75) is 26.3 Å². The third kappa shape index (κ3) is 4.66. The van der Waals surface area contributed by atoms with Gasteiger partial charge in [-0.3, -0.25) is 9.78 Å². The highest BCUT2D eigenvalue weighted by atomic mass is 32.2. The summed E-state index contributed by atoms with van der Waals surface area (Å²) in [5.74, 6) is -1.33. The number of carbonyl (C=O) groups is 2. The molecule has 0 bridgehead atoms. The average molecular weight is 465 g/mol. The van der Waals surface area contributed by atoms with Gasteiger partial charge in [0.1, 0.15) is 0 Å². The summed E-state index contributed by atoms with van der Waals surface area (Å²) < 4.78 is 29.4. The van der Waals surface area contributed by atoms with E-state index in [0.29, 0.717) is 28.6 Å². The quantitative estimate of drug-likeness (QED) is 0.518. The van der Waals surface area contributed by atoms with E-state index in [0.717, 1.165) is 16.7 Å². The molecule has 1 aliphatic rings. The lowest BCUT2D eigenvalue weighted by atomic mass is 10.0. The molecule has 2 heterocycles. The second-order valence-corrected chi connectivity index (χ2v) is 9.76. The molecule has 8 heteroatoms. The molecule has 3 aromatic rings. The maximum atomic E-state index is 13.2. The standard InChI is InChI=1S/C25H24N2O5S/c1-3-21-17(2)24(20-11-7-8-12-22(20)26-21)25(29)32-15-23(28)27(18-9-5-4-6-10-18)19-13-14-33(30,31)16-19/h4-14,19H,3,15-16H2,1-2H3. The van der Waals surface area contributed by atoms with Crippen LogP contribution in [0.3, 0.4) is 0 Å². The SMILES string of the molecule is CCc1nc2ccccc2c(C(=O)OCC(=O)N(c2ccccc2)C2C=CS(=O)(=O)C2)c1C. The topological polar surface area (TPSA) is 93.6 Å². The maximum Gasteiger partial charge on any atom is 0.339 e. The molecule has 0 N–H and O–H groups in total. The first-order chi connectivity index (χ1) is 15.8. The van der Waals surface area contributed by atoms with E-state index in [9.17, 15) is 18.0 Å². The van der Waals surface area contributed by atoms with E-state index >= 15 is 0 Å². The number of hydrogen-bond acceptors (Lipinski definition) is 6. The summed E-state index contributed by atoms with van der Waals surface area (Å²) in [5.41, 5.74) is 3.12. The Morgan fingerprint density at radius 3 is 2.45 bits per heavy atom. The highest BCUT2D eigenvalue weighted by molar-refractivity contribution is 7.94. The summed E-state index contributed by atoms with van der Waals surface area (Å²) in [6, 6.07) is 15.4. The molecule has 7 nitrogen and oxygen atoms in total. The molecule has 170 valence electrons. The minimum absolute atomic E-state index is 0.213. The van der Waals surface area contributed by atoms with E-state index < -0.39 is 34.4 Å². The van der Waals surface area contributed by atoms with Crippen LogP contribution >= 0.6 is 0 Å². The molecule has 1 aromatic heterocycles. The van der Waals surface area contributed by atoms with Gasteiger partial charge >= 0.3 is 5.97 Å². The third-order valence-electron chi connectivity index (χ3n) is 5.65. The van der Waals surface area contributed by atoms with Gasteiger partial charge in [-0.25, -0.2) is 13.2 Å². The zero-order valence-corrected chi connectivity index (χ0v) is 19.2. The Labute approximate surface area is 192 Å². The number of carbonyl (C=O) groups excluding carboxylic acids is 2. The number of para-hydroxylation sites is 2. The van der Waals surface area contributed by atoms with Crippen molar-refractivity contribution in [3.8, 4) is 0 Å². The minimum atomic E-state index is -3.38. The average Bonchev–Trinajstić information content (AvgIpc) is 3.16. The van der Waals surface area contributed by atoms with Gasteiger partial charge in [0.25, 0.3) is 5.91 Å². The van der Waals surface area contributed by atoms with Crippen molar-refractivity contribution >= 4 is 38.3 Å². The van der Waals surface area contributed by atoms with Gasteiger partial charge in [0.15, 0.2) is 16.4 Å². The number of pyridine rings is 1. The van der Waals surface area contributed by atoms with Crippen LogP contribution in [-0.2, 0) is 25.8 Å². The van der Waals surface area contributed by atoms with Gasteiger partial charge < -0.3 is 9.64 Å². The fourth-order valence-corrected chi connectivity index (χ4v) is 5.33. The predicted octanol–water partition coefficient (Wildman–Crippen LogP) is 3.61. The molecule has 1 aliphatic heterocycles. The van der Waals surface area contributed by atoms with Crippen LogP contribution in [0.25, 0.3) is 10.9 Å². The van der Waals surface area contributed by atoms with Crippen LogP contribution in [0.5, 0.6) is 0 Å². The smallest absolute Gasteiger partial charge is 0.339 e. The van der Waals surface area contributed by atoms with Crippen LogP contribution in [0.15, 0.2) is 66.1 Å². The van der Waals surface area contributed by atoms with E-state index in [1.54, 1.807) is 36.4 Å². The van der Waals surface area contributed by atoms with Gasteiger partial charge in [0.2, 0.25) is 0 Å². The molecule has 0 saturated carbocycles. The monoisotopic (exact) mass is 464 g/mol. The Morgan fingerprint density at radius 1 is 1.09 bits per heavy atom. The lowest BCUT2D eigenvalue weighted by Crippen LogP contribution is -2.43. The van der Waals surface area contributed by atoms with Crippen LogP contribution < -0.4 is 4.90 Å². The van der Waals surface area contributed by atoms with Gasteiger partial charge in [-0.2, -0.15) is 0 Å². The van der Waals surface area contributed by atoms with E-state index in [-0.39, 0.29) is 5.75 Å². The summed E-state index contributed by atoms with van der Waals surface area (Å²) in [6.45, 7) is 3.26. The maximum absolute atomic E-state index is 13.2. The van der Waals surface area contributed by atoms with Crippen LogP contribution in [0.1, 0.15) is 28.5 Å². The summed E-state index contributed by atoms with van der Waals surface area (Å²) in [6.07, 6.45) is 2.14. The van der Waals surface area contributed by atoms with Crippen molar-refractivity contribution in [1.82, 2.24) is 4.98 Å². The van der Waals surface area contributed by atoms with E-state index in [1.807, 2.05) is 32.0 Å². The van der Waals surface area contributed by atoms with Crippen molar-refractivity contribution in [1.29, 1.82) is 0 Å². The number of benzene rings is 2. The van der Waals surface area contributed by atoms with E-state index in [4.69, 9.17) is 4.74 Å². The molecule has 0 radical (unpaired) electrons. The molecule has 4 rings (SSSR count). The van der Waals surface area contributed by atoms with Gasteiger partial charge in [0.05, 0.1) is 22.9 Å². The highest BCUT2D eigenvalue weighted by Gasteiger charge is 2.32. The lowest BCUT2D eigenvalue weighted by Gasteiger charge is -2.27. The number of fused-ring (bicyclic) bond motifs is 1. The zero-order valence-electron chi connectivity index (χ0n) is 18.4. The Morgan fingerprint density at radius 2 is 1.79 bits per heavy atom. The van der Waals surface area contributed by atoms with Crippen molar-refractivity contribution in [2.75, 3.05) is 17.3 Å². The first-order valence-corrected chi connectivity index (χ1v) is 12.4. The van der Waals surface area contributed by atoms with Crippen molar-refractivity contribution in [3.63, 3.8) is 0 Å².